The Balaban J connectivity index is 1.71. The average molecular weight is 383 g/mol. The van der Waals surface area contributed by atoms with E-state index in [1.165, 1.54) is 16.6 Å². The van der Waals surface area contributed by atoms with Gasteiger partial charge in [0.15, 0.2) is 0 Å². The molecule has 3 rings (SSSR count). The standard InChI is InChI=1S/C17H15F3N2Se/c1-23-14-8-4-12(5-9-14)16-10-15(21-22-16)11-2-6-13(7-3-11)17(18,19)20/h2-9,15,21H,10H2,1H3. The summed E-state index contributed by atoms with van der Waals surface area (Å²) in [7, 11) is 0. The average Bonchev–Trinajstić information content (AvgIpc) is 3.04. The first-order chi connectivity index (χ1) is 11.0. The fourth-order valence-corrected chi connectivity index (χ4v) is 3.36. The number of hydrogen-bond donors (Lipinski definition) is 1. The minimum atomic E-state index is -4.30. The number of nitrogens with one attached hydrogen (secondary N) is 1. The summed E-state index contributed by atoms with van der Waals surface area (Å²) in [5, 5.41) is 4.34. The Morgan fingerprint density at radius 3 is 2.26 bits per heavy atom. The van der Waals surface area contributed by atoms with Crippen LogP contribution in [0.2, 0.25) is 5.82 Å². The van der Waals surface area contributed by atoms with Crippen LogP contribution in [0.3, 0.4) is 0 Å². The summed E-state index contributed by atoms with van der Waals surface area (Å²) in [5.41, 5.74) is 5.19. The van der Waals surface area contributed by atoms with E-state index in [1.807, 2.05) is 0 Å². The Kier molecular flexibility index (Phi) is 4.46. The molecule has 2 aromatic carbocycles. The van der Waals surface area contributed by atoms with E-state index in [2.05, 4.69) is 40.6 Å². The second-order valence-corrected chi connectivity index (χ2v) is 7.14. The van der Waals surface area contributed by atoms with Gasteiger partial charge in [-0.3, -0.25) is 0 Å². The number of alkyl halides is 3. The van der Waals surface area contributed by atoms with Crippen molar-refractivity contribution in [1.29, 1.82) is 0 Å². The second kappa shape index (κ2) is 6.38. The monoisotopic (exact) mass is 384 g/mol. The quantitative estimate of drug-likeness (QED) is 0.806. The van der Waals surface area contributed by atoms with Gasteiger partial charge in [-0.25, -0.2) is 0 Å². The number of hydrogen-bond acceptors (Lipinski definition) is 2. The van der Waals surface area contributed by atoms with Crippen LogP contribution in [0.25, 0.3) is 0 Å². The van der Waals surface area contributed by atoms with Gasteiger partial charge in [-0.1, -0.05) is 0 Å². The van der Waals surface area contributed by atoms with Gasteiger partial charge in [-0.2, -0.15) is 13.2 Å². The minimum absolute atomic E-state index is 0.0812. The fraction of sp³-hybridized carbons (Fsp3) is 0.235. The van der Waals surface area contributed by atoms with E-state index >= 15 is 0 Å². The van der Waals surface area contributed by atoms with Crippen LogP contribution in [0.1, 0.15) is 29.2 Å². The van der Waals surface area contributed by atoms with E-state index in [-0.39, 0.29) is 6.04 Å². The summed E-state index contributed by atoms with van der Waals surface area (Å²) in [6.07, 6.45) is -3.63. The van der Waals surface area contributed by atoms with Gasteiger partial charge in [-0.05, 0) is 0 Å². The summed E-state index contributed by atoms with van der Waals surface area (Å²) in [6, 6.07) is 13.5. The van der Waals surface area contributed by atoms with Gasteiger partial charge in [-0.15, -0.1) is 0 Å². The number of benzene rings is 2. The number of halogens is 3. The predicted octanol–water partition coefficient (Wildman–Crippen LogP) is 3.52. The van der Waals surface area contributed by atoms with Crippen molar-refractivity contribution >= 4 is 25.1 Å². The van der Waals surface area contributed by atoms with Gasteiger partial charge < -0.3 is 0 Å². The molecule has 1 N–H and O–H groups in total. The molecule has 1 aliphatic heterocycles. The summed E-state index contributed by atoms with van der Waals surface area (Å²) in [6.45, 7) is 0. The molecule has 0 aromatic heterocycles. The van der Waals surface area contributed by atoms with Crippen molar-refractivity contribution in [2.45, 2.75) is 24.5 Å². The Labute approximate surface area is 138 Å². The zero-order chi connectivity index (χ0) is 16.4. The van der Waals surface area contributed by atoms with Gasteiger partial charge in [0.05, 0.1) is 0 Å². The van der Waals surface area contributed by atoms with Crippen molar-refractivity contribution in [3.05, 3.63) is 65.2 Å². The van der Waals surface area contributed by atoms with Crippen LogP contribution >= 0.6 is 0 Å². The SMILES string of the molecule is C[Se]c1ccc(C2=NNC(c3ccc(C(F)(F)F)cc3)C2)cc1. The van der Waals surface area contributed by atoms with Gasteiger partial charge in [0, 0.05) is 0 Å². The predicted molar refractivity (Wildman–Crippen MR) is 86.2 cm³/mol. The molecule has 1 aliphatic rings. The molecule has 2 nitrogen and oxygen atoms in total. The van der Waals surface area contributed by atoms with Gasteiger partial charge in [0.1, 0.15) is 0 Å². The molecular formula is C17H15F3N2Se. The molecule has 23 heavy (non-hydrogen) atoms. The molecule has 0 aliphatic carbocycles. The van der Waals surface area contributed by atoms with Crippen LogP contribution in [0.15, 0.2) is 53.6 Å². The first-order valence-corrected chi connectivity index (χ1v) is 9.68. The molecule has 0 saturated carbocycles. The van der Waals surface area contributed by atoms with Crippen LogP contribution in [0.4, 0.5) is 13.2 Å². The third-order valence-electron chi connectivity index (χ3n) is 3.82. The number of nitrogens with zero attached hydrogens (tertiary/aromatic N) is 1. The normalized spacial score (nSPS) is 17.7. The van der Waals surface area contributed by atoms with E-state index in [9.17, 15) is 13.2 Å². The topological polar surface area (TPSA) is 24.4 Å². The molecular weight excluding hydrogens is 368 g/mol. The summed E-state index contributed by atoms with van der Waals surface area (Å²) in [4.78, 5) is 0. The molecule has 1 heterocycles. The van der Waals surface area contributed by atoms with Crippen LogP contribution in [0.5, 0.6) is 0 Å². The Bertz CT molecular complexity index is 706. The molecule has 0 radical (unpaired) electrons. The molecule has 1 atom stereocenters. The van der Waals surface area contributed by atoms with Crippen molar-refractivity contribution in [1.82, 2.24) is 5.43 Å². The molecule has 0 fully saturated rings. The van der Waals surface area contributed by atoms with Gasteiger partial charge >= 0.3 is 125 Å². The fourth-order valence-electron chi connectivity index (χ4n) is 2.50. The number of rotatable bonds is 3. The summed E-state index contributed by atoms with van der Waals surface area (Å²) >= 11 is 0.469. The maximum absolute atomic E-state index is 12.6. The second-order valence-electron chi connectivity index (χ2n) is 5.29. The van der Waals surface area contributed by atoms with Gasteiger partial charge in [0.2, 0.25) is 0 Å². The van der Waals surface area contributed by atoms with E-state index in [4.69, 9.17) is 0 Å². The third kappa shape index (κ3) is 3.59. The third-order valence-corrected chi connectivity index (χ3v) is 5.38. The van der Waals surface area contributed by atoms with Gasteiger partial charge in [0.25, 0.3) is 0 Å². The Morgan fingerprint density at radius 1 is 1.04 bits per heavy atom. The molecule has 0 spiro atoms. The van der Waals surface area contributed by atoms with E-state index < -0.39 is 11.7 Å². The molecule has 6 heteroatoms. The van der Waals surface area contributed by atoms with Crippen LogP contribution in [-0.2, 0) is 6.18 Å². The maximum atomic E-state index is 12.6. The van der Waals surface area contributed by atoms with Crippen molar-refractivity contribution in [3.8, 4) is 0 Å². The molecule has 0 saturated heterocycles. The van der Waals surface area contributed by atoms with Crippen molar-refractivity contribution < 1.29 is 13.2 Å². The number of hydrazone groups is 1. The molecule has 2 aromatic rings. The summed E-state index contributed by atoms with van der Waals surface area (Å²) in [5.74, 6) is 2.16. The first-order valence-electron chi connectivity index (χ1n) is 7.11. The van der Waals surface area contributed by atoms with Crippen molar-refractivity contribution in [2.24, 2.45) is 5.10 Å². The Morgan fingerprint density at radius 2 is 1.70 bits per heavy atom. The van der Waals surface area contributed by atoms with Crippen LogP contribution in [-0.4, -0.2) is 20.7 Å². The van der Waals surface area contributed by atoms with Crippen LogP contribution < -0.4 is 9.89 Å². The van der Waals surface area contributed by atoms with E-state index in [1.54, 1.807) is 0 Å². The Hall–Kier alpha value is -1.78. The molecule has 120 valence electrons. The zero-order valence-corrected chi connectivity index (χ0v) is 14.1. The molecule has 0 bridgehead atoms. The molecule has 0 amide bonds. The first kappa shape index (κ1) is 16.1. The summed E-state index contributed by atoms with van der Waals surface area (Å²) < 4.78 is 39.1. The van der Waals surface area contributed by atoms with Crippen molar-refractivity contribution in [3.63, 3.8) is 0 Å². The van der Waals surface area contributed by atoms with E-state index in [0.717, 1.165) is 29.0 Å². The molecule has 1 unspecified atom stereocenters. The van der Waals surface area contributed by atoms with E-state index in [0.29, 0.717) is 21.4 Å². The van der Waals surface area contributed by atoms with Crippen LogP contribution in [0, 0.1) is 0 Å². The van der Waals surface area contributed by atoms with Crippen molar-refractivity contribution in [2.75, 3.05) is 0 Å². The zero-order valence-electron chi connectivity index (χ0n) is 12.4.